The lowest BCUT2D eigenvalue weighted by atomic mass is 10.0. The van der Waals surface area contributed by atoms with Crippen LogP contribution in [0.5, 0.6) is 0 Å². The fourth-order valence-electron chi connectivity index (χ4n) is 2.30. The summed E-state index contributed by atoms with van der Waals surface area (Å²) in [6.45, 7) is 0.571. The average molecular weight is 285 g/mol. The molecule has 0 aliphatic carbocycles. The SMILES string of the molecule is O=C(O)CCCCCNC(=O)c1cccc2ccccc12. The molecule has 110 valence electrons. The molecule has 0 aliphatic rings. The zero-order valence-corrected chi connectivity index (χ0v) is 11.8. The van der Waals surface area contributed by atoms with Gasteiger partial charge in [0.05, 0.1) is 0 Å². The number of carboxylic acids is 1. The van der Waals surface area contributed by atoms with E-state index in [-0.39, 0.29) is 12.3 Å². The summed E-state index contributed by atoms with van der Waals surface area (Å²) in [5, 5.41) is 13.4. The molecular formula is C17H19NO3. The van der Waals surface area contributed by atoms with E-state index in [1.54, 1.807) is 0 Å². The third-order valence-corrected chi connectivity index (χ3v) is 3.39. The second kappa shape index (κ2) is 7.43. The lowest BCUT2D eigenvalue weighted by molar-refractivity contribution is -0.137. The zero-order chi connectivity index (χ0) is 15.1. The molecule has 0 saturated heterocycles. The van der Waals surface area contributed by atoms with Crippen LogP contribution in [-0.2, 0) is 4.79 Å². The van der Waals surface area contributed by atoms with Crippen LogP contribution in [0.25, 0.3) is 10.8 Å². The summed E-state index contributed by atoms with van der Waals surface area (Å²) in [6.07, 6.45) is 2.45. The number of rotatable bonds is 7. The highest BCUT2D eigenvalue weighted by atomic mass is 16.4. The van der Waals surface area contributed by atoms with Gasteiger partial charge in [0.1, 0.15) is 0 Å². The van der Waals surface area contributed by atoms with Gasteiger partial charge in [-0.3, -0.25) is 9.59 Å². The van der Waals surface area contributed by atoms with Crippen LogP contribution in [0.15, 0.2) is 42.5 Å². The second-order valence-corrected chi connectivity index (χ2v) is 4.99. The molecule has 0 saturated carbocycles. The van der Waals surface area contributed by atoms with Gasteiger partial charge < -0.3 is 10.4 Å². The molecule has 0 spiro atoms. The third-order valence-electron chi connectivity index (χ3n) is 3.39. The molecule has 0 unspecified atom stereocenters. The highest BCUT2D eigenvalue weighted by molar-refractivity contribution is 6.06. The predicted molar refractivity (Wildman–Crippen MR) is 82.4 cm³/mol. The van der Waals surface area contributed by atoms with Crippen molar-refractivity contribution >= 4 is 22.6 Å². The van der Waals surface area contributed by atoms with Gasteiger partial charge in [-0.1, -0.05) is 42.8 Å². The number of amides is 1. The molecule has 4 heteroatoms. The molecule has 4 nitrogen and oxygen atoms in total. The summed E-state index contributed by atoms with van der Waals surface area (Å²) in [5.74, 6) is -0.847. The Morgan fingerprint density at radius 1 is 0.952 bits per heavy atom. The van der Waals surface area contributed by atoms with Crippen molar-refractivity contribution in [3.05, 3.63) is 48.0 Å². The summed E-state index contributed by atoms with van der Waals surface area (Å²) in [4.78, 5) is 22.6. The molecule has 0 fully saturated rings. The van der Waals surface area contributed by atoms with Crippen molar-refractivity contribution in [2.24, 2.45) is 0 Å². The molecule has 1 amide bonds. The van der Waals surface area contributed by atoms with Crippen molar-refractivity contribution in [2.75, 3.05) is 6.54 Å². The summed E-state index contributed by atoms with van der Waals surface area (Å²) in [6, 6.07) is 13.5. The first-order valence-electron chi connectivity index (χ1n) is 7.16. The van der Waals surface area contributed by atoms with Gasteiger partial charge in [-0.25, -0.2) is 0 Å². The van der Waals surface area contributed by atoms with Crippen LogP contribution >= 0.6 is 0 Å². The number of carboxylic acid groups (broad SMARTS) is 1. The van der Waals surface area contributed by atoms with E-state index in [2.05, 4.69) is 5.32 Å². The lowest BCUT2D eigenvalue weighted by Crippen LogP contribution is -2.24. The standard InChI is InChI=1S/C17H19NO3/c19-16(20)11-2-1-5-12-18-17(21)15-10-6-8-13-7-3-4-9-14(13)15/h3-4,6-10H,1-2,5,11-12H2,(H,18,21)(H,19,20). The highest BCUT2D eigenvalue weighted by Crippen LogP contribution is 2.18. The zero-order valence-electron chi connectivity index (χ0n) is 11.8. The average Bonchev–Trinajstić information content (AvgIpc) is 2.49. The van der Waals surface area contributed by atoms with Gasteiger partial charge in [-0.05, 0) is 29.7 Å². The number of carbonyl (C=O) groups is 2. The van der Waals surface area contributed by atoms with Gasteiger partial charge in [0, 0.05) is 18.5 Å². The van der Waals surface area contributed by atoms with Crippen LogP contribution in [0.4, 0.5) is 0 Å². The second-order valence-electron chi connectivity index (χ2n) is 4.99. The van der Waals surface area contributed by atoms with E-state index < -0.39 is 5.97 Å². The van der Waals surface area contributed by atoms with Crippen molar-refractivity contribution in [2.45, 2.75) is 25.7 Å². The van der Waals surface area contributed by atoms with E-state index in [1.807, 2.05) is 42.5 Å². The Kier molecular flexibility index (Phi) is 5.32. The Labute approximate surface area is 123 Å². The molecule has 2 N–H and O–H groups in total. The summed E-state index contributed by atoms with van der Waals surface area (Å²) in [5.41, 5.74) is 0.679. The molecule has 2 aromatic carbocycles. The first-order valence-corrected chi connectivity index (χ1v) is 7.16. The van der Waals surface area contributed by atoms with E-state index in [0.717, 1.165) is 23.6 Å². The van der Waals surface area contributed by atoms with E-state index in [0.29, 0.717) is 18.5 Å². The number of aliphatic carboxylic acids is 1. The first-order chi connectivity index (χ1) is 10.2. The van der Waals surface area contributed by atoms with E-state index >= 15 is 0 Å². The van der Waals surface area contributed by atoms with E-state index in [1.165, 1.54) is 0 Å². The Bertz CT molecular complexity index is 631. The minimum absolute atomic E-state index is 0.0787. The number of carbonyl (C=O) groups excluding carboxylic acids is 1. The third kappa shape index (κ3) is 4.31. The quantitative estimate of drug-likeness (QED) is 0.768. The number of unbranched alkanes of at least 4 members (excludes halogenated alkanes) is 2. The van der Waals surface area contributed by atoms with Gasteiger partial charge in [-0.15, -0.1) is 0 Å². The van der Waals surface area contributed by atoms with Gasteiger partial charge in [0.25, 0.3) is 5.91 Å². The van der Waals surface area contributed by atoms with Crippen molar-refractivity contribution < 1.29 is 14.7 Å². The topological polar surface area (TPSA) is 66.4 Å². The van der Waals surface area contributed by atoms with Gasteiger partial charge in [-0.2, -0.15) is 0 Å². The molecule has 2 rings (SSSR count). The van der Waals surface area contributed by atoms with Gasteiger partial charge >= 0.3 is 5.97 Å². The number of benzene rings is 2. The lowest BCUT2D eigenvalue weighted by Gasteiger charge is -2.08. The first kappa shape index (κ1) is 15.0. The Balaban J connectivity index is 1.87. The number of nitrogens with one attached hydrogen (secondary N) is 1. The normalized spacial score (nSPS) is 10.5. The molecule has 0 aliphatic heterocycles. The number of hydrogen-bond donors (Lipinski definition) is 2. The van der Waals surface area contributed by atoms with Crippen LogP contribution in [0.3, 0.4) is 0 Å². The molecule has 0 bridgehead atoms. The van der Waals surface area contributed by atoms with Crippen molar-refractivity contribution in [3.63, 3.8) is 0 Å². The maximum atomic E-state index is 12.2. The monoisotopic (exact) mass is 285 g/mol. The molecule has 2 aromatic rings. The molecule has 0 radical (unpaired) electrons. The highest BCUT2D eigenvalue weighted by Gasteiger charge is 2.08. The van der Waals surface area contributed by atoms with Crippen molar-refractivity contribution in [3.8, 4) is 0 Å². The van der Waals surface area contributed by atoms with Gasteiger partial charge in [0.15, 0.2) is 0 Å². The number of fused-ring (bicyclic) bond motifs is 1. The Morgan fingerprint density at radius 2 is 1.71 bits per heavy atom. The van der Waals surface area contributed by atoms with Crippen molar-refractivity contribution in [1.29, 1.82) is 0 Å². The number of hydrogen-bond acceptors (Lipinski definition) is 2. The van der Waals surface area contributed by atoms with E-state index in [4.69, 9.17) is 5.11 Å². The minimum Gasteiger partial charge on any atom is -0.481 e. The van der Waals surface area contributed by atoms with Crippen LogP contribution < -0.4 is 5.32 Å². The van der Waals surface area contributed by atoms with Gasteiger partial charge in [0.2, 0.25) is 0 Å². The summed E-state index contributed by atoms with van der Waals surface area (Å²) in [7, 11) is 0. The summed E-state index contributed by atoms with van der Waals surface area (Å²) >= 11 is 0. The van der Waals surface area contributed by atoms with Crippen LogP contribution in [0.1, 0.15) is 36.0 Å². The Morgan fingerprint density at radius 3 is 2.52 bits per heavy atom. The largest absolute Gasteiger partial charge is 0.481 e. The summed E-state index contributed by atoms with van der Waals surface area (Å²) < 4.78 is 0. The smallest absolute Gasteiger partial charge is 0.303 e. The molecular weight excluding hydrogens is 266 g/mol. The molecule has 0 heterocycles. The fourth-order valence-corrected chi connectivity index (χ4v) is 2.30. The van der Waals surface area contributed by atoms with Crippen LogP contribution in [0.2, 0.25) is 0 Å². The predicted octanol–water partition coefficient (Wildman–Crippen LogP) is 3.21. The fraction of sp³-hybridized carbons (Fsp3) is 0.294. The maximum Gasteiger partial charge on any atom is 0.303 e. The molecule has 21 heavy (non-hydrogen) atoms. The maximum absolute atomic E-state index is 12.2. The Hall–Kier alpha value is -2.36. The molecule has 0 atom stereocenters. The van der Waals surface area contributed by atoms with E-state index in [9.17, 15) is 9.59 Å². The van der Waals surface area contributed by atoms with Crippen molar-refractivity contribution in [1.82, 2.24) is 5.32 Å². The molecule has 0 aromatic heterocycles. The van der Waals surface area contributed by atoms with Crippen LogP contribution in [-0.4, -0.2) is 23.5 Å². The van der Waals surface area contributed by atoms with Crippen LogP contribution in [0, 0.1) is 0 Å². The minimum atomic E-state index is -0.769.